The van der Waals surface area contributed by atoms with E-state index in [1.54, 1.807) is 6.07 Å². The quantitative estimate of drug-likeness (QED) is 0.687. The number of hydrogen-bond acceptors (Lipinski definition) is 2. The third kappa shape index (κ3) is 1.81. The van der Waals surface area contributed by atoms with Gasteiger partial charge in [0.15, 0.2) is 0 Å². The highest BCUT2D eigenvalue weighted by atomic mass is 19.1. The summed E-state index contributed by atoms with van der Waals surface area (Å²) in [4.78, 5) is 0. The predicted octanol–water partition coefficient (Wildman–Crippen LogP) is 2.66. The SMILES string of the molecule is CC1(C)CNc2cc(F)ccc2OC1. The lowest BCUT2D eigenvalue weighted by Gasteiger charge is -2.20. The molecule has 0 saturated heterocycles. The molecule has 0 radical (unpaired) electrons. The van der Waals surface area contributed by atoms with Crippen LogP contribution < -0.4 is 10.1 Å². The predicted molar refractivity (Wildman–Crippen MR) is 54.2 cm³/mol. The first-order valence-electron chi connectivity index (χ1n) is 4.73. The molecule has 1 aliphatic rings. The Morgan fingerprint density at radius 3 is 3.00 bits per heavy atom. The van der Waals surface area contributed by atoms with Crippen LogP contribution in [-0.2, 0) is 0 Å². The second kappa shape index (κ2) is 3.15. The lowest BCUT2D eigenvalue weighted by molar-refractivity contribution is 0.200. The Bertz CT molecular complexity index is 349. The minimum absolute atomic E-state index is 0.0789. The Labute approximate surface area is 83.1 Å². The summed E-state index contributed by atoms with van der Waals surface area (Å²) in [7, 11) is 0. The number of benzene rings is 1. The van der Waals surface area contributed by atoms with Gasteiger partial charge >= 0.3 is 0 Å². The van der Waals surface area contributed by atoms with Crippen LogP contribution in [0.15, 0.2) is 18.2 Å². The average Bonchev–Trinajstić information content (AvgIpc) is 2.26. The zero-order chi connectivity index (χ0) is 10.2. The van der Waals surface area contributed by atoms with E-state index >= 15 is 0 Å². The van der Waals surface area contributed by atoms with Gasteiger partial charge in [0.05, 0.1) is 12.3 Å². The molecule has 1 aliphatic heterocycles. The van der Waals surface area contributed by atoms with Gasteiger partial charge in [0.1, 0.15) is 11.6 Å². The van der Waals surface area contributed by atoms with Crippen molar-refractivity contribution in [3.8, 4) is 5.75 Å². The average molecular weight is 195 g/mol. The number of halogens is 1. The second-order valence-corrected chi connectivity index (χ2v) is 4.45. The van der Waals surface area contributed by atoms with Crippen molar-refractivity contribution >= 4 is 5.69 Å². The number of anilines is 1. The van der Waals surface area contributed by atoms with Gasteiger partial charge in [-0.05, 0) is 12.1 Å². The van der Waals surface area contributed by atoms with Crippen LogP contribution in [0.4, 0.5) is 10.1 Å². The highest BCUT2D eigenvalue weighted by Gasteiger charge is 2.23. The minimum Gasteiger partial charge on any atom is -0.491 e. The van der Waals surface area contributed by atoms with E-state index in [9.17, 15) is 4.39 Å². The van der Waals surface area contributed by atoms with Crippen molar-refractivity contribution in [3.63, 3.8) is 0 Å². The van der Waals surface area contributed by atoms with Crippen LogP contribution in [0.2, 0.25) is 0 Å². The third-order valence-corrected chi connectivity index (χ3v) is 2.32. The highest BCUT2D eigenvalue weighted by Crippen LogP contribution is 2.31. The lowest BCUT2D eigenvalue weighted by atomic mass is 9.95. The van der Waals surface area contributed by atoms with E-state index in [-0.39, 0.29) is 11.2 Å². The molecule has 0 amide bonds. The molecular formula is C11H14FNO. The number of rotatable bonds is 0. The Morgan fingerprint density at radius 1 is 1.43 bits per heavy atom. The first-order chi connectivity index (χ1) is 6.57. The zero-order valence-corrected chi connectivity index (χ0v) is 8.43. The molecule has 1 N–H and O–H groups in total. The number of fused-ring (bicyclic) bond motifs is 1. The van der Waals surface area contributed by atoms with Crippen LogP contribution in [0.5, 0.6) is 5.75 Å². The zero-order valence-electron chi connectivity index (χ0n) is 8.43. The molecule has 0 spiro atoms. The van der Waals surface area contributed by atoms with Crippen molar-refractivity contribution in [2.75, 3.05) is 18.5 Å². The van der Waals surface area contributed by atoms with Gasteiger partial charge in [0, 0.05) is 18.0 Å². The van der Waals surface area contributed by atoms with Crippen LogP contribution in [0.3, 0.4) is 0 Å². The van der Waals surface area contributed by atoms with E-state index in [1.165, 1.54) is 12.1 Å². The molecule has 0 aliphatic carbocycles. The molecule has 1 aromatic carbocycles. The topological polar surface area (TPSA) is 21.3 Å². The molecule has 0 aromatic heterocycles. The van der Waals surface area contributed by atoms with Gasteiger partial charge < -0.3 is 10.1 Å². The van der Waals surface area contributed by atoms with Crippen molar-refractivity contribution in [2.24, 2.45) is 5.41 Å². The second-order valence-electron chi connectivity index (χ2n) is 4.45. The van der Waals surface area contributed by atoms with Crippen molar-refractivity contribution in [1.29, 1.82) is 0 Å². The molecule has 0 unspecified atom stereocenters. The third-order valence-electron chi connectivity index (χ3n) is 2.32. The van der Waals surface area contributed by atoms with Gasteiger partial charge in [-0.3, -0.25) is 0 Å². The fraction of sp³-hybridized carbons (Fsp3) is 0.455. The summed E-state index contributed by atoms with van der Waals surface area (Å²) in [6.45, 7) is 5.67. The molecule has 0 atom stereocenters. The Kier molecular flexibility index (Phi) is 2.10. The maximum atomic E-state index is 12.9. The standard InChI is InChI=1S/C11H14FNO/c1-11(2)6-13-9-5-8(12)3-4-10(9)14-7-11/h3-5,13H,6-7H2,1-2H3. The summed E-state index contributed by atoms with van der Waals surface area (Å²) >= 11 is 0. The van der Waals surface area contributed by atoms with E-state index in [1.807, 2.05) is 0 Å². The monoisotopic (exact) mass is 195 g/mol. The molecule has 2 rings (SSSR count). The van der Waals surface area contributed by atoms with Gasteiger partial charge in [-0.2, -0.15) is 0 Å². The molecule has 0 fully saturated rings. The summed E-state index contributed by atoms with van der Waals surface area (Å²) < 4.78 is 18.5. The van der Waals surface area contributed by atoms with Gasteiger partial charge in [-0.15, -0.1) is 0 Å². The van der Waals surface area contributed by atoms with Gasteiger partial charge in [0.2, 0.25) is 0 Å². The lowest BCUT2D eigenvalue weighted by Crippen LogP contribution is -2.27. The molecular weight excluding hydrogens is 181 g/mol. The van der Waals surface area contributed by atoms with E-state index in [0.29, 0.717) is 6.61 Å². The summed E-state index contributed by atoms with van der Waals surface area (Å²) in [5.74, 6) is 0.497. The van der Waals surface area contributed by atoms with Gasteiger partial charge in [-0.25, -0.2) is 4.39 Å². The maximum Gasteiger partial charge on any atom is 0.142 e. The largest absolute Gasteiger partial charge is 0.491 e. The maximum absolute atomic E-state index is 12.9. The van der Waals surface area contributed by atoms with Crippen LogP contribution in [0.25, 0.3) is 0 Å². The summed E-state index contributed by atoms with van der Waals surface area (Å²) in [6, 6.07) is 4.55. The van der Waals surface area contributed by atoms with Crippen LogP contribution in [-0.4, -0.2) is 13.2 Å². The van der Waals surface area contributed by atoms with E-state index < -0.39 is 0 Å². The Morgan fingerprint density at radius 2 is 2.21 bits per heavy atom. The molecule has 0 bridgehead atoms. The molecule has 1 aromatic rings. The smallest absolute Gasteiger partial charge is 0.142 e. The van der Waals surface area contributed by atoms with Gasteiger partial charge in [-0.1, -0.05) is 13.8 Å². The van der Waals surface area contributed by atoms with Crippen molar-refractivity contribution < 1.29 is 9.13 Å². The fourth-order valence-corrected chi connectivity index (χ4v) is 1.42. The normalized spacial score (nSPS) is 18.8. The first-order valence-corrected chi connectivity index (χ1v) is 4.73. The van der Waals surface area contributed by atoms with Crippen LogP contribution in [0, 0.1) is 11.2 Å². The summed E-state index contributed by atoms with van der Waals surface area (Å²) in [6.07, 6.45) is 0. The Hall–Kier alpha value is -1.25. The molecule has 3 heteroatoms. The first kappa shape index (κ1) is 9.31. The summed E-state index contributed by atoms with van der Waals surface area (Å²) in [5, 5.41) is 3.19. The molecule has 76 valence electrons. The Balaban J connectivity index is 2.30. The van der Waals surface area contributed by atoms with Crippen molar-refractivity contribution in [3.05, 3.63) is 24.0 Å². The van der Waals surface area contributed by atoms with Crippen LogP contribution in [0.1, 0.15) is 13.8 Å². The highest BCUT2D eigenvalue weighted by molar-refractivity contribution is 5.57. The van der Waals surface area contributed by atoms with E-state index in [0.717, 1.165) is 18.0 Å². The van der Waals surface area contributed by atoms with Gasteiger partial charge in [0.25, 0.3) is 0 Å². The fourth-order valence-electron chi connectivity index (χ4n) is 1.42. The van der Waals surface area contributed by atoms with Crippen LogP contribution >= 0.6 is 0 Å². The minimum atomic E-state index is -0.237. The van der Waals surface area contributed by atoms with E-state index in [2.05, 4.69) is 19.2 Å². The number of ether oxygens (including phenoxy) is 1. The molecule has 1 heterocycles. The number of hydrogen-bond donors (Lipinski definition) is 1. The molecule has 14 heavy (non-hydrogen) atoms. The van der Waals surface area contributed by atoms with Crippen molar-refractivity contribution in [2.45, 2.75) is 13.8 Å². The number of nitrogens with one attached hydrogen (secondary N) is 1. The molecule has 0 saturated carbocycles. The van der Waals surface area contributed by atoms with Crippen molar-refractivity contribution in [1.82, 2.24) is 0 Å². The summed E-state index contributed by atoms with van der Waals surface area (Å²) in [5.41, 5.74) is 0.825. The van der Waals surface area contributed by atoms with E-state index in [4.69, 9.17) is 4.74 Å². The molecule has 2 nitrogen and oxygen atoms in total.